The second kappa shape index (κ2) is 7.12. The minimum absolute atomic E-state index is 0.0186. The van der Waals surface area contributed by atoms with Crippen LogP contribution in [0.25, 0.3) is 0 Å². The lowest BCUT2D eigenvalue weighted by Crippen LogP contribution is -2.33. The lowest BCUT2D eigenvalue weighted by Gasteiger charge is -2.21. The van der Waals surface area contributed by atoms with Crippen molar-refractivity contribution in [3.8, 4) is 0 Å². The fourth-order valence-corrected chi connectivity index (χ4v) is 2.66. The van der Waals surface area contributed by atoms with Crippen molar-refractivity contribution in [1.82, 2.24) is 5.32 Å². The van der Waals surface area contributed by atoms with Crippen molar-refractivity contribution in [3.63, 3.8) is 0 Å². The summed E-state index contributed by atoms with van der Waals surface area (Å²) in [5.74, 6) is 3.18. The Morgan fingerprint density at radius 2 is 2.21 bits per heavy atom. The number of thioether (sulfide) groups is 1. The van der Waals surface area contributed by atoms with Crippen molar-refractivity contribution in [3.05, 3.63) is 0 Å². The zero-order valence-electron chi connectivity index (χ0n) is 8.75. The third kappa shape index (κ3) is 4.86. The smallest absolute Gasteiger partial charge is 0.246 e. The van der Waals surface area contributed by atoms with Crippen LogP contribution in [0.15, 0.2) is 0 Å². The number of carbonyl (C=O) groups is 1. The van der Waals surface area contributed by atoms with Gasteiger partial charge in [0.2, 0.25) is 5.91 Å². The summed E-state index contributed by atoms with van der Waals surface area (Å²) in [7, 11) is 0. The molecule has 1 amide bonds. The molecule has 3 nitrogen and oxygen atoms in total. The standard InChI is InChI=1S/C10H19NO2S/c1-2-13-8-10(12)11-7-9-3-5-14-6-4-9/h9H,2-8H2,1H3,(H,11,12). The number of rotatable bonds is 5. The van der Waals surface area contributed by atoms with Gasteiger partial charge in [-0.15, -0.1) is 0 Å². The third-order valence-electron chi connectivity index (χ3n) is 2.37. The average Bonchev–Trinajstić information content (AvgIpc) is 2.25. The fourth-order valence-electron chi connectivity index (χ4n) is 1.45. The molecule has 1 aliphatic rings. The van der Waals surface area contributed by atoms with E-state index in [-0.39, 0.29) is 12.5 Å². The highest BCUT2D eigenvalue weighted by atomic mass is 32.2. The Hall–Kier alpha value is -0.220. The van der Waals surface area contributed by atoms with Crippen LogP contribution < -0.4 is 5.32 Å². The van der Waals surface area contributed by atoms with Crippen molar-refractivity contribution < 1.29 is 9.53 Å². The summed E-state index contributed by atoms with van der Waals surface area (Å²) in [5, 5.41) is 2.91. The van der Waals surface area contributed by atoms with Crippen LogP contribution in [0.1, 0.15) is 19.8 Å². The molecule has 1 N–H and O–H groups in total. The van der Waals surface area contributed by atoms with Gasteiger partial charge < -0.3 is 10.1 Å². The second-order valence-electron chi connectivity index (χ2n) is 3.50. The molecule has 0 unspecified atom stereocenters. The van der Waals surface area contributed by atoms with Crippen LogP contribution >= 0.6 is 11.8 Å². The summed E-state index contributed by atoms with van der Waals surface area (Å²) in [6.45, 7) is 3.53. The first-order chi connectivity index (χ1) is 6.83. The predicted molar refractivity (Wildman–Crippen MR) is 59.6 cm³/mol. The molecule has 0 aromatic carbocycles. The maximum atomic E-state index is 11.2. The Morgan fingerprint density at radius 3 is 2.86 bits per heavy atom. The van der Waals surface area contributed by atoms with Gasteiger partial charge in [-0.2, -0.15) is 11.8 Å². The Morgan fingerprint density at radius 1 is 1.50 bits per heavy atom. The average molecular weight is 217 g/mol. The van der Waals surface area contributed by atoms with Gasteiger partial charge in [0, 0.05) is 13.2 Å². The molecule has 0 spiro atoms. The maximum absolute atomic E-state index is 11.2. The van der Waals surface area contributed by atoms with E-state index in [0.29, 0.717) is 12.5 Å². The highest BCUT2D eigenvalue weighted by molar-refractivity contribution is 7.99. The molecule has 4 heteroatoms. The largest absolute Gasteiger partial charge is 0.372 e. The molecule has 1 aliphatic heterocycles. The van der Waals surface area contributed by atoms with E-state index in [1.165, 1.54) is 24.3 Å². The van der Waals surface area contributed by atoms with E-state index < -0.39 is 0 Å². The van der Waals surface area contributed by atoms with Gasteiger partial charge in [-0.1, -0.05) is 0 Å². The molecular formula is C10H19NO2S. The molecule has 1 fully saturated rings. The predicted octanol–water partition coefficient (Wildman–Crippen LogP) is 1.28. The number of amides is 1. The molecule has 1 saturated heterocycles. The van der Waals surface area contributed by atoms with Gasteiger partial charge >= 0.3 is 0 Å². The van der Waals surface area contributed by atoms with Gasteiger partial charge in [0.1, 0.15) is 6.61 Å². The first-order valence-electron chi connectivity index (χ1n) is 5.25. The van der Waals surface area contributed by atoms with Gasteiger partial charge in [0.05, 0.1) is 0 Å². The summed E-state index contributed by atoms with van der Waals surface area (Å²) in [4.78, 5) is 11.2. The summed E-state index contributed by atoms with van der Waals surface area (Å²) < 4.78 is 5.02. The van der Waals surface area contributed by atoms with E-state index in [2.05, 4.69) is 5.32 Å². The third-order valence-corrected chi connectivity index (χ3v) is 3.41. The topological polar surface area (TPSA) is 38.3 Å². The molecule has 82 valence electrons. The molecule has 0 atom stereocenters. The van der Waals surface area contributed by atoms with Crippen LogP contribution in [0.5, 0.6) is 0 Å². The maximum Gasteiger partial charge on any atom is 0.246 e. The monoisotopic (exact) mass is 217 g/mol. The number of ether oxygens (including phenoxy) is 1. The quantitative estimate of drug-likeness (QED) is 0.754. The molecule has 1 rings (SSSR count). The number of hydrogen-bond acceptors (Lipinski definition) is 3. The fraction of sp³-hybridized carbons (Fsp3) is 0.900. The lowest BCUT2D eigenvalue weighted by molar-refractivity contribution is -0.125. The molecule has 0 aliphatic carbocycles. The Bertz CT molecular complexity index is 170. The van der Waals surface area contributed by atoms with Crippen molar-refractivity contribution in [2.75, 3.05) is 31.3 Å². The van der Waals surface area contributed by atoms with E-state index >= 15 is 0 Å². The molecule has 0 saturated carbocycles. The van der Waals surface area contributed by atoms with E-state index in [1.807, 2.05) is 18.7 Å². The van der Waals surface area contributed by atoms with Gasteiger partial charge in [0.15, 0.2) is 0 Å². The van der Waals surface area contributed by atoms with Crippen molar-refractivity contribution in [1.29, 1.82) is 0 Å². The number of hydrogen-bond donors (Lipinski definition) is 1. The van der Waals surface area contributed by atoms with Crippen LogP contribution in [-0.2, 0) is 9.53 Å². The first kappa shape index (κ1) is 11.9. The van der Waals surface area contributed by atoms with E-state index in [1.54, 1.807) is 0 Å². The zero-order valence-corrected chi connectivity index (χ0v) is 9.57. The van der Waals surface area contributed by atoms with Crippen LogP contribution in [0, 0.1) is 5.92 Å². The van der Waals surface area contributed by atoms with Crippen molar-refractivity contribution in [2.45, 2.75) is 19.8 Å². The van der Waals surface area contributed by atoms with E-state index in [9.17, 15) is 4.79 Å². The minimum Gasteiger partial charge on any atom is -0.372 e. The van der Waals surface area contributed by atoms with Gasteiger partial charge in [-0.25, -0.2) is 0 Å². The van der Waals surface area contributed by atoms with Gasteiger partial charge in [-0.3, -0.25) is 4.79 Å². The summed E-state index contributed by atoms with van der Waals surface area (Å²) in [6.07, 6.45) is 2.47. The summed E-state index contributed by atoms with van der Waals surface area (Å²) in [5.41, 5.74) is 0. The van der Waals surface area contributed by atoms with E-state index in [4.69, 9.17) is 4.74 Å². The van der Waals surface area contributed by atoms with Crippen LogP contribution in [0.4, 0.5) is 0 Å². The second-order valence-corrected chi connectivity index (χ2v) is 4.72. The highest BCUT2D eigenvalue weighted by Crippen LogP contribution is 2.21. The van der Waals surface area contributed by atoms with Crippen LogP contribution in [0.2, 0.25) is 0 Å². The summed E-state index contributed by atoms with van der Waals surface area (Å²) in [6, 6.07) is 0. The first-order valence-corrected chi connectivity index (χ1v) is 6.40. The lowest BCUT2D eigenvalue weighted by atomic mass is 10.0. The Balaban J connectivity index is 2.03. The number of carbonyl (C=O) groups excluding carboxylic acids is 1. The molecular weight excluding hydrogens is 198 g/mol. The van der Waals surface area contributed by atoms with Gasteiger partial charge in [-0.05, 0) is 37.2 Å². The Labute approximate surface area is 90.0 Å². The van der Waals surface area contributed by atoms with Crippen LogP contribution in [-0.4, -0.2) is 37.2 Å². The Kier molecular flexibility index (Phi) is 6.03. The van der Waals surface area contributed by atoms with Crippen molar-refractivity contribution >= 4 is 17.7 Å². The zero-order chi connectivity index (χ0) is 10.2. The minimum atomic E-state index is 0.0186. The summed E-state index contributed by atoms with van der Waals surface area (Å²) >= 11 is 2.01. The molecule has 0 aromatic heterocycles. The molecule has 0 aromatic rings. The molecule has 1 heterocycles. The molecule has 0 radical (unpaired) electrons. The van der Waals surface area contributed by atoms with E-state index in [0.717, 1.165) is 6.54 Å². The van der Waals surface area contributed by atoms with Crippen molar-refractivity contribution in [2.24, 2.45) is 5.92 Å². The highest BCUT2D eigenvalue weighted by Gasteiger charge is 2.14. The van der Waals surface area contributed by atoms with Gasteiger partial charge in [0.25, 0.3) is 0 Å². The number of nitrogens with one attached hydrogen (secondary N) is 1. The SMILES string of the molecule is CCOCC(=O)NCC1CCSCC1. The molecule has 0 bridgehead atoms. The normalized spacial score (nSPS) is 18.1. The van der Waals surface area contributed by atoms with Crippen LogP contribution in [0.3, 0.4) is 0 Å². The molecule has 14 heavy (non-hydrogen) atoms.